The molecule has 128 valence electrons. The second-order valence-electron chi connectivity index (χ2n) is 5.12. The Morgan fingerprint density at radius 2 is 1.71 bits per heavy atom. The van der Waals surface area contributed by atoms with E-state index in [0.717, 1.165) is 9.87 Å². The van der Waals surface area contributed by atoms with Crippen LogP contribution < -0.4 is 9.84 Å². The number of carboxylic acid groups (broad SMARTS) is 1. The number of ether oxygens (including phenoxy) is 1. The molecule has 0 radical (unpaired) electrons. The van der Waals surface area contributed by atoms with Gasteiger partial charge in [0.15, 0.2) is 0 Å². The summed E-state index contributed by atoms with van der Waals surface area (Å²) in [4.78, 5) is 10.8. The molecule has 6 nitrogen and oxygen atoms in total. The predicted octanol–water partition coefficient (Wildman–Crippen LogP) is 1.03. The lowest BCUT2D eigenvalue weighted by Gasteiger charge is -2.22. The molecular formula is C17H18NO5S-. The van der Waals surface area contributed by atoms with E-state index in [-0.39, 0.29) is 24.4 Å². The molecule has 0 saturated heterocycles. The molecule has 0 bridgehead atoms. The number of hydrogen-bond acceptors (Lipinski definition) is 5. The van der Waals surface area contributed by atoms with Crippen molar-refractivity contribution >= 4 is 16.0 Å². The van der Waals surface area contributed by atoms with Crippen molar-refractivity contribution in [2.45, 2.75) is 17.9 Å². The van der Waals surface area contributed by atoms with Crippen molar-refractivity contribution in [1.82, 2.24) is 4.31 Å². The van der Waals surface area contributed by atoms with Gasteiger partial charge < -0.3 is 14.6 Å². The predicted molar refractivity (Wildman–Crippen MR) is 86.7 cm³/mol. The van der Waals surface area contributed by atoms with Crippen LogP contribution in [0.15, 0.2) is 59.5 Å². The number of benzene rings is 2. The fourth-order valence-electron chi connectivity index (χ4n) is 2.18. The highest BCUT2D eigenvalue weighted by Gasteiger charge is 2.24. The molecule has 0 saturated carbocycles. The third kappa shape index (κ3) is 4.56. The second-order valence-corrected chi connectivity index (χ2v) is 7.06. The van der Waals surface area contributed by atoms with Crippen LogP contribution in [-0.4, -0.2) is 32.3 Å². The molecule has 0 unspecified atom stereocenters. The van der Waals surface area contributed by atoms with Crippen molar-refractivity contribution in [3.63, 3.8) is 0 Å². The quantitative estimate of drug-likeness (QED) is 0.711. The molecule has 24 heavy (non-hydrogen) atoms. The number of nitrogens with zero attached hydrogens (tertiary/aromatic N) is 1. The number of rotatable bonds is 8. The summed E-state index contributed by atoms with van der Waals surface area (Å²) in [6, 6.07) is 15.0. The number of carbonyl (C=O) groups is 1. The van der Waals surface area contributed by atoms with Crippen molar-refractivity contribution in [2.75, 3.05) is 13.7 Å². The Bertz CT molecular complexity index is 772. The largest absolute Gasteiger partial charge is 0.550 e. The standard InChI is InChI=1S/C17H19NO5S/c1-23-15-7-9-16(10-8-15)24(21,22)18(12-11-17(19)20)13-14-5-3-2-4-6-14/h2-10H,11-13H2,1H3,(H,19,20)/p-1. The van der Waals surface area contributed by atoms with Crippen LogP contribution in [0.3, 0.4) is 0 Å². The van der Waals surface area contributed by atoms with Crippen LogP contribution in [0.5, 0.6) is 5.75 Å². The molecule has 2 aromatic rings. The maximum Gasteiger partial charge on any atom is 0.243 e. The summed E-state index contributed by atoms with van der Waals surface area (Å²) in [5, 5.41) is 10.8. The molecule has 0 aromatic heterocycles. The second kappa shape index (κ2) is 7.94. The summed E-state index contributed by atoms with van der Waals surface area (Å²) in [6.07, 6.45) is -0.373. The SMILES string of the molecule is COc1ccc(S(=O)(=O)N(CCC(=O)[O-])Cc2ccccc2)cc1. The van der Waals surface area contributed by atoms with Gasteiger partial charge in [0.05, 0.1) is 12.0 Å². The lowest BCUT2D eigenvalue weighted by molar-refractivity contribution is -0.305. The Hall–Kier alpha value is -2.38. The van der Waals surface area contributed by atoms with E-state index < -0.39 is 16.0 Å². The van der Waals surface area contributed by atoms with Crippen molar-refractivity contribution in [1.29, 1.82) is 0 Å². The van der Waals surface area contributed by atoms with Crippen molar-refractivity contribution in [3.05, 3.63) is 60.2 Å². The maximum atomic E-state index is 12.8. The number of aliphatic carboxylic acids is 1. The average Bonchev–Trinajstić information content (AvgIpc) is 2.59. The van der Waals surface area contributed by atoms with Gasteiger partial charge in [-0.05, 0) is 29.8 Å². The first-order valence-electron chi connectivity index (χ1n) is 7.31. The van der Waals surface area contributed by atoms with Gasteiger partial charge in [0.1, 0.15) is 5.75 Å². The van der Waals surface area contributed by atoms with Gasteiger partial charge in [-0.25, -0.2) is 8.42 Å². The van der Waals surface area contributed by atoms with Crippen molar-refractivity contribution in [2.24, 2.45) is 0 Å². The summed E-state index contributed by atoms with van der Waals surface area (Å²) in [6.45, 7) is -0.0753. The zero-order valence-corrected chi connectivity index (χ0v) is 14.0. The Balaban J connectivity index is 2.30. The molecule has 0 aliphatic rings. The molecule has 2 rings (SSSR count). The topological polar surface area (TPSA) is 86.7 Å². The minimum absolute atomic E-state index is 0.0811. The normalized spacial score (nSPS) is 11.4. The van der Waals surface area contributed by atoms with Gasteiger partial charge >= 0.3 is 0 Å². The van der Waals surface area contributed by atoms with Crippen LogP contribution in [0, 0.1) is 0 Å². The number of methoxy groups -OCH3 is 1. The highest BCUT2D eigenvalue weighted by molar-refractivity contribution is 7.89. The van der Waals surface area contributed by atoms with Gasteiger partial charge in [-0.3, -0.25) is 0 Å². The van der Waals surface area contributed by atoms with Gasteiger partial charge in [-0.1, -0.05) is 30.3 Å². The maximum absolute atomic E-state index is 12.8. The van der Waals surface area contributed by atoms with Crippen LogP contribution >= 0.6 is 0 Å². The summed E-state index contributed by atoms with van der Waals surface area (Å²) in [7, 11) is -2.34. The van der Waals surface area contributed by atoms with Gasteiger partial charge in [0, 0.05) is 25.5 Å². The first-order valence-corrected chi connectivity index (χ1v) is 8.75. The highest BCUT2D eigenvalue weighted by Crippen LogP contribution is 2.21. The fraction of sp³-hybridized carbons (Fsp3) is 0.235. The zero-order valence-electron chi connectivity index (χ0n) is 13.2. The van der Waals surface area contributed by atoms with E-state index in [1.54, 1.807) is 36.4 Å². The monoisotopic (exact) mass is 348 g/mol. The Labute approximate surface area is 141 Å². The molecule has 2 aromatic carbocycles. The van der Waals surface area contributed by atoms with Crippen molar-refractivity contribution < 1.29 is 23.1 Å². The number of hydrogen-bond donors (Lipinski definition) is 0. The van der Waals surface area contributed by atoms with E-state index in [9.17, 15) is 18.3 Å². The van der Waals surface area contributed by atoms with Crippen LogP contribution in [0.25, 0.3) is 0 Å². The van der Waals surface area contributed by atoms with Crippen LogP contribution in [0.4, 0.5) is 0 Å². The molecule has 0 aliphatic heterocycles. The van der Waals surface area contributed by atoms with E-state index in [1.165, 1.54) is 19.2 Å². The number of carbonyl (C=O) groups excluding carboxylic acids is 1. The highest BCUT2D eigenvalue weighted by atomic mass is 32.2. The number of sulfonamides is 1. The molecule has 0 amide bonds. The number of carboxylic acids is 1. The molecule has 0 atom stereocenters. The Kier molecular flexibility index (Phi) is 5.94. The van der Waals surface area contributed by atoms with E-state index >= 15 is 0 Å². The minimum Gasteiger partial charge on any atom is -0.550 e. The van der Waals surface area contributed by atoms with Crippen LogP contribution in [0.1, 0.15) is 12.0 Å². The molecule has 0 fully saturated rings. The zero-order chi connectivity index (χ0) is 17.6. The van der Waals surface area contributed by atoms with Gasteiger partial charge in [0.25, 0.3) is 0 Å². The van der Waals surface area contributed by atoms with Crippen LogP contribution in [-0.2, 0) is 21.4 Å². The van der Waals surface area contributed by atoms with E-state index in [1.807, 2.05) is 6.07 Å². The average molecular weight is 348 g/mol. The third-order valence-corrected chi connectivity index (χ3v) is 5.32. The lowest BCUT2D eigenvalue weighted by atomic mass is 10.2. The van der Waals surface area contributed by atoms with Gasteiger partial charge in [-0.15, -0.1) is 0 Å². The molecule has 0 N–H and O–H groups in total. The lowest BCUT2D eigenvalue weighted by Crippen LogP contribution is -2.35. The molecular weight excluding hydrogens is 330 g/mol. The van der Waals surface area contributed by atoms with Gasteiger partial charge in [0.2, 0.25) is 10.0 Å². The summed E-state index contributed by atoms with van der Waals surface area (Å²) < 4.78 is 31.8. The fourth-order valence-corrected chi connectivity index (χ4v) is 3.61. The summed E-state index contributed by atoms with van der Waals surface area (Å²) >= 11 is 0. The summed E-state index contributed by atoms with van der Waals surface area (Å²) in [5.74, 6) is -0.753. The van der Waals surface area contributed by atoms with E-state index in [4.69, 9.17) is 4.74 Å². The third-order valence-electron chi connectivity index (χ3n) is 3.46. The summed E-state index contributed by atoms with van der Waals surface area (Å²) in [5.41, 5.74) is 0.771. The molecule has 0 aliphatic carbocycles. The first-order chi connectivity index (χ1) is 11.4. The van der Waals surface area contributed by atoms with E-state index in [2.05, 4.69) is 0 Å². The molecule has 7 heteroatoms. The Morgan fingerprint density at radius 1 is 1.08 bits per heavy atom. The Morgan fingerprint density at radius 3 is 2.25 bits per heavy atom. The van der Waals surface area contributed by atoms with E-state index in [0.29, 0.717) is 5.75 Å². The minimum atomic E-state index is -3.83. The smallest absolute Gasteiger partial charge is 0.243 e. The van der Waals surface area contributed by atoms with Gasteiger partial charge in [-0.2, -0.15) is 4.31 Å². The molecule has 0 spiro atoms. The molecule has 0 heterocycles. The van der Waals surface area contributed by atoms with Crippen molar-refractivity contribution in [3.8, 4) is 5.75 Å². The van der Waals surface area contributed by atoms with Crippen LogP contribution in [0.2, 0.25) is 0 Å². The first kappa shape index (κ1) is 18.0.